The molecule has 0 saturated carbocycles. The minimum atomic E-state index is -3.89. The van der Waals surface area contributed by atoms with E-state index in [1.165, 1.54) is 23.5 Å². The fourth-order valence-electron chi connectivity index (χ4n) is 3.68. The average molecular weight is 526 g/mol. The lowest BCUT2D eigenvalue weighted by atomic mass is 10.2. The second-order valence-electron chi connectivity index (χ2n) is 7.92. The number of carbonyl (C=O) groups excluding carboxylic acids is 1. The van der Waals surface area contributed by atoms with Gasteiger partial charge >= 0.3 is 0 Å². The molecule has 0 unspecified atom stereocenters. The van der Waals surface area contributed by atoms with Gasteiger partial charge in [0, 0.05) is 13.2 Å². The van der Waals surface area contributed by atoms with Crippen molar-refractivity contribution in [1.82, 2.24) is 4.57 Å². The molecular weight excluding hydrogens is 498 g/mol. The van der Waals surface area contributed by atoms with Crippen LogP contribution in [-0.4, -0.2) is 39.2 Å². The van der Waals surface area contributed by atoms with Gasteiger partial charge in [0.05, 0.1) is 34.6 Å². The van der Waals surface area contributed by atoms with Crippen LogP contribution in [-0.2, 0) is 21.3 Å². The third-order valence-corrected chi connectivity index (χ3v) is 7.90. The molecular formula is C26H27N3O5S2. The van der Waals surface area contributed by atoms with Gasteiger partial charge in [-0.15, -0.1) is 0 Å². The van der Waals surface area contributed by atoms with Crippen LogP contribution in [0.4, 0.5) is 5.69 Å². The van der Waals surface area contributed by atoms with Gasteiger partial charge in [-0.05, 0) is 50.2 Å². The summed E-state index contributed by atoms with van der Waals surface area (Å²) in [5.41, 5.74) is 2.07. The zero-order valence-electron chi connectivity index (χ0n) is 20.2. The van der Waals surface area contributed by atoms with Crippen LogP contribution in [0.5, 0.6) is 5.75 Å². The Morgan fingerprint density at radius 2 is 1.81 bits per heavy atom. The second kappa shape index (κ2) is 11.1. The van der Waals surface area contributed by atoms with Crippen molar-refractivity contribution in [1.29, 1.82) is 0 Å². The number of nitrogens with one attached hydrogen (secondary N) is 1. The Morgan fingerprint density at radius 1 is 1.06 bits per heavy atom. The van der Waals surface area contributed by atoms with Crippen LogP contribution in [0.1, 0.15) is 22.8 Å². The van der Waals surface area contributed by atoms with E-state index in [0.29, 0.717) is 30.3 Å². The van der Waals surface area contributed by atoms with Crippen LogP contribution in [0.3, 0.4) is 0 Å². The standard InChI is InChI=1S/C26H27N3O5S2/c1-4-34-17-16-29-24-22(33-3)10-7-11-23(24)35-26(29)27-25(30)20-8-5-6-9-21(20)28-36(31,32)19-14-12-18(2)13-15-19/h5-15,28H,4,16-17H2,1-3H3. The van der Waals surface area contributed by atoms with E-state index in [1.54, 1.807) is 43.5 Å². The molecule has 0 radical (unpaired) electrons. The number of sulfonamides is 1. The van der Waals surface area contributed by atoms with Gasteiger partial charge < -0.3 is 14.0 Å². The van der Waals surface area contributed by atoms with Gasteiger partial charge in [0.1, 0.15) is 11.3 Å². The molecule has 4 rings (SSSR count). The van der Waals surface area contributed by atoms with E-state index in [2.05, 4.69) is 9.71 Å². The summed E-state index contributed by atoms with van der Waals surface area (Å²) in [7, 11) is -2.30. The van der Waals surface area contributed by atoms with Crippen LogP contribution >= 0.6 is 11.3 Å². The third kappa shape index (κ3) is 5.51. The number of hydrogen-bond acceptors (Lipinski definition) is 6. The van der Waals surface area contributed by atoms with Crippen molar-refractivity contribution in [2.24, 2.45) is 4.99 Å². The van der Waals surface area contributed by atoms with Gasteiger partial charge in [0.15, 0.2) is 4.80 Å². The first-order valence-corrected chi connectivity index (χ1v) is 13.7. The molecule has 188 valence electrons. The number of benzene rings is 3. The SMILES string of the molecule is CCOCCn1c(=NC(=O)c2ccccc2NS(=O)(=O)c2ccc(C)cc2)sc2cccc(OC)c21. The maximum absolute atomic E-state index is 13.3. The molecule has 0 aliphatic heterocycles. The van der Waals surface area contributed by atoms with Crippen molar-refractivity contribution in [2.45, 2.75) is 25.3 Å². The Balaban J connectivity index is 1.75. The lowest BCUT2D eigenvalue weighted by Gasteiger charge is -2.11. The number of hydrogen-bond donors (Lipinski definition) is 1. The van der Waals surface area contributed by atoms with Crippen LogP contribution in [0.2, 0.25) is 0 Å². The molecule has 3 aromatic carbocycles. The van der Waals surface area contributed by atoms with Gasteiger partial charge in [-0.3, -0.25) is 9.52 Å². The summed E-state index contributed by atoms with van der Waals surface area (Å²) in [5, 5.41) is 0. The molecule has 4 aromatic rings. The number of amides is 1. The summed E-state index contributed by atoms with van der Waals surface area (Å²) in [6.45, 7) is 5.28. The maximum Gasteiger partial charge on any atom is 0.281 e. The summed E-state index contributed by atoms with van der Waals surface area (Å²) >= 11 is 1.35. The van der Waals surface area contributed by atoms with Crippen molar-refractivity contribution in [3.63, 3.8) is 0 Å². The molecule has 0 fully saturated rings. The van der Waals surface area contributed by atoms with Gasteiger partial charge in [0.2, 0.25) is 0 Å². The zero-order chi connectivity index (χ0) is 25.7. The number of anilines is 1. The van der Waals surface area contributed by atoms with E-state index < -0.39 is 15.9 Å². The van der Waals surface area contributed by atoms with Crippen LogP contribution in [0, 0.1) is 6.92 Å². The lowest BCUT2D eigenvalue weighted by Crippen LogP contribution is -2.21. The molecule has 8 nitrogen and oxygen atoms in total. The Kier molecular flexibility index (Phi) is 7.88. The Hall–Kier alpha value is -3.47. The predicted molar refractivity (Wildman–Crippen MR) is 141 cm³/mol. The lowest BCUT2D eigenvalue weighted by molar-refractivity contribution is 0.0997. The van der Waals surface area contributed by atoms with Crippen molar-refractivity contribution >= 4 is 43.2 Å². The van der Waals surface area contributed by atoms with Gasteiger partial charge in [-0.25, -0.2) is 8.42 Å². The van der Waals surface area contributed by atoms with Gasteiger partial charge in [-0.2, -0.15) is 4.99 Å². The Labute approximate surface area is 213 Å². The van der Waals surface area contributed by atoms with E-state index in [0.717, 1.165) is 15.8 Å². The number of thiazole rings is 1. The molecule has 0 saturated heterocycles. The number of ether oxygens (including phenoxy) is 2. The summed E-state index contributed by atoms with van der Waals surface area (Å²) in [4.78, 5) is 18.3. The normalized spacial score (nSPS) is 12.1. The smallest absolute Gasteiger partial charge is 0.281 e. The predicted octanol–water partition coefficient (Wildman–Crippen LogP) is 4.60. The number of carbonyl (C=O) groups is 1. The molecule has 0 bridgehead atoms. The topological polar surface area (TPSA) is 99.0 Å². The van der Waals surface area contributed by atoms with E-state index in [-0.39, 0.29) is 16.1 Å². The summed E-state index contributed by atoms with van der Waals surface area (Å²) in [6.07, 6.45) is 0. The average Bonchev–Trinajstić information content (AvgIpc) is 3.21. The van der Waals surface area contributed by atoms with Gasteiger partial charge in [0.25, 0.3) is 15.9 Å². The highest BCUT2D eigenvalue weighted by Gasteiger charge is 2.19. The summed E-state index contributed by atoms with van der Waals surface area (Å²) in [6, 6.07) is 18.6. The Bertz CT molecular complexity index is 1550. The number of rotatable bonds is 9. The van der Waals surface area contributed by atoms with Crippen molar-refractivity contribution in [3.05, 3.63) is 82.7 Å². The molecule has 0 aliphatic carbocycles. The van der Waals surface area contributed by atoms with E-state index >= 15 is 0 Å². The molecule has 1 amide bonds. The molecule has 10 heteroatoms. The number of para-hydroxylation sites is 2. The van der Waals surface area contributed by atoms with E-state index in [9.17, 15) is 13.2 Å². The third-order valence-electron chi connectivity index (χ3n) is 5.48. The molecule has 1 aromatic heterocycles. The molecule has 0 atom stereocenters. The highest BCUT2D eigenvalue weighted by molar-refractivity contribution is 7.92. The van der Waals surface area contributed by atoms with Crippen molar-refractivity contribution in [2.75, 3.05) is 25.0 Å². The first-order chi connectivity index (χ1) is 17.3. The first kappa shape index (κ1) is 25.6. The van der Waals surface area contributed by atoms with E-state index in [1.807, 2.05) is 36.6 Å². The molecule has 1 heterocycles. The monoisotopic (exact) mass is 525 g/mol. The highest BCUT2D eigenvalue weighted by atomic mass is 32.2. The number of aromatic nitrogens is 1. The second-order valence-corrected chi connectivity index (χ2v) is 10.6. The van der Waals surface area contributed by atoms with Crippen molar-refractivity contribution in [3.8, 4) is 5.75 Å². The number of methoxy groups -OCH3 is 1. The van der Waals surface area contributed by atoms with Crippen LogP contribution in [0.25, 0.3) is 10.2 Å². The first-order valence-electron chi connectivity index (χ1n) is 11.4. The molecule has 0 aliphatic rings. The van der Waals surface area contributed by atoms with Crippen LogP contribution in [0.15, 0.2) is 76.6 Å². The van der Waals surface area contributed by atoms with Gasteiger partial charge in [-0.1, -0.05) is 47.2 Å². The minimum absolute atomic E-state index is 0.109. The summed E-state index contributed by atoms with van der Waals surface area (Å²) in [5.74, 6) is 0.105. The van der Waals surface area contributed by atoms with E-state index in [4.69, 9.17) is 9.47 Å². The largest absolute Gasteiger partial charge is 0.495 e. The number of aryl methyl sites for hydroxylation is 1. The summed E-state index contributed by atoms with van der Waals surface area (Å²) < 4.78 is 42.3. The fraction of sp³-hybridized carbons (Fsp3) is 0.231. The molecule has 36 heavy (non-hydrogen) atoms. The highest BCUT2D eigenvalue weighted by Crippen LogP contribution is 2.27. The minimum Gasteiger partial charge on any atom is -0.495 e. The molecule has 0 spiro atoms. The zero-order valence-corrected chi connectivity index (χ0v) is 21.9. The fourth-order valence-corrected chi connectivity index (χ4v) is 5.83. The van der Waals surface area contributed by atoms with Crippen molar-refractivity contribution < 1.29 is 22.7 Å². The number of fused-ring (bicyclic) bond motifs is 1. The molecule has 1 N–H and O–H groups in total. The maximum atomic E-state index is 13.3. The number of nitrogens with zero attached hydrogens (tertiary/aromatic N) is 2. The quantitative estimate of drug-likeness (QED) is 0.322. The Morgan fingerprint density at radius 3 is 2.53 bits per heavy atom. The van der Waals surface area contributed by atoms with Crippen LogP contribution < -0.4 is 14.3 Å².